The number of amides is 1. The van der Waals surface area contributed by atoms with Gasteiger partial charge in [-0.1, -0.05) is 23.7 Å². The average Bonchev–Trinajstić information content (AvgIpc) is 3.17. The van der Waals surface area contributed by atoms with Crippen molar-refractivity contribution in [3.8, 4) is 5.95 Å². The second-order valence-corrected chi connectivity index (χ2v) is 5.22. The van der Waals surface area contributed by atoms with E-state index in [0.29, 0.717) is 17.4 Å². The van der Waals surface area contributed by atoms with E-state index < -0.39 is 0 Å². The van der Waals surface area contributed by atoms with Crippen LogP contribution in [0.5, 0.6) is 5.95 Å². The molecule has 1 N–H and O–H groups in total. The van der Waals surface area contributed by atoms with E-state index in [1.807, 2.05) is 18.2 Å². The maximum Gasteiger partial charge on any atom is 0.292 e. The molecular weight excluding hydrogens is 318 g/mol. The fourth-order valence-electron chi connectivity index (χ4n) is 2.10. The number of methoxy groups -OCH3 is 1. The van der Waals surface area contributed by atoms with E-state index in [1.54, 1.807) is 35.1 Å². The smallest absolute Gasteiger partial charge is 0.292 e. The van der Waals surface area contributed by atoms with Gasteiger partial charge in [-0.15, -0.1) is 0 Å². The number of ether oxygens (including phenoxy) is 1. The van der Waals surface area contributed by atoms with E-state index in [1.165, 1.54) is 7.11 Å². The molecule has 0 fully saturated rings. The van der Waals surface area contributed by atoms with Gasteiger partial charge in [0, 0.05) is 17.2 Å². The standard InChI is InChI=1S/C16H14ClN3O3/c1-22-15-6-5-13(23-15)16(21)19-14-7-8-18-20(14)10-11-3-2-4-12(17)9-11/h2-9H,10H2,1H3,(H,19,21). The van der Waals surface area contributed by atoms with Gasteiger partial charge in [0.2, 0.25) is 0 Å². The predicted molar refractivity (Wildman–Crippen MR) is 86.0 cm³/mol. The van der Waals surface area contributed by atoms with E-state index in [2.05, 4.69) is 10.4 Å². The Bertz CT molecular complexity index is 825. The fourth-order valence-corrected chi connectivity index (χ4v) is 2.32. The second-order valence-electron chi connectivity index (χ2n) is 4.78. The molecule has 0 saturated carbocycles. The molecule has 1 amide bonds. The maximum atomic E-state index is 12.2. The highest BCUT2D eigenvalue weighted by atomic mass is 35.5. The minimum absolute atomic E-state index is 0.164. The van der Waals surface area contributed by atoms with Crippen LogP contribution in [-0.2, 0) is 6.54 Å². The highest BCUT2D eigenvalue weighted by Crippen LogP contribution is 2.18. The summed E-state index contributed by atoms with van der Waals surface area (Å²) in [5.41, 5.74) is 0.983. The minimum Gasteiger partial charge on any atom is -0.468 e. The predicted octanol–water partition coefficient (Wildman–Crippen LogP) is 3.44. The molecule has 0 aliphatic rings. The Labute approximate surface area is 137 Å². The van der Waals surface area contributed by atoms with Crippen molar-refractivity contribution in [2.45, 2.75) is 6.54 Å². The molecule has 6 nitrogen and oxygen atoms in total. The summed E-state index contributed by atoms with van der Waals surface area (Å²) in [6.07, 6.45) is 1.61. The van der Waals surface area contributed by atoms with Crippen LogP contribution < -0.4 is 10.1 Å². The molecular formula is C16H14ClN3O3. The molecule has 7 heteroatoms. The van der Waals surface area contributed by atoms with Crippen molar-refractivity contribution in [2.75, 3.05) is 12.4 Å². The van der Waals surface area contributed by atoms with Crippen molar-refractivity contribution in [3.63, 3.8) is 0 Å². The van der Waals surface area contributed by atoms with Gasteiger partial charge < -0.3 is 14.5 Å². The van der Waals surface area contributed by atoms with Crippen molar-refractivity contribution < 1.29 is 13.9 Å². The van der Waals surface area contributed by atoms with Gasteiger partial charge in [-0.05, 0) is 23.8 Å². The van der Waals surface area contributed by atoms with Crippen molar-refractivity contribution in [1.82, 2.24) is 9.78 Å². The van der Waals surface area contributed by atoms with Gasteiger partial charge >= 0.3 is 0 Å². The summed E-state index contributed by atoms with van der Waals surface area (Å²) in [4.78, 5) is 12.2. The first-order chi connectivity index (χ1) is 11.2. The lowest BCUT2D eigenvalue weighted by atomic mass is 10.2. The van der Waals surface area contributed by atoms with Crippen LogP contribution in [0.1, 0.15) is 16.1 Å². The van der Waals surface area contributed by atoms with Gasteiger partial charge in [-0.3, -0.25) is 4.79 Å². The number of carbonyl (C=O) groups is 1. The van der Waals surface area contributed by atoms with E-state index in [-0.39, 0.29) is 17.6 Å². The molecule has 0 saturated heterocycles. The first-order valence-electron chi connectivity index (χ1n) is 6.87. The number of nitrogens with one attached hydrogen (secondary N) is 1. The summed E-state index contributed by atoms with van der Waals surface area (Å²) >= 11 is 5.98. The summed E-state index contributed by atoms with van der Waals surface area (Å²) in [6, 6.07) is 12.3. The number of halogens is 1. The quantitative estimate of drug-likeness (QED) is 0.777. The Morgan fingerprint density at radius 1 is 1.35 bits per heavy atom. The zero-order chi connectivity index (χ0) is 16.2. The van der Waals surface area contributed by atoms with Crippen molar-refractivity contribution >= 4 is 23.3 Å². The van der Waals surface area contributed by atoms with Crippen molar-refractivity contribution in [1.29, 1.82) is 0 Å². The highest BCUT2D eigenvalue weighted by Gasteiger charge is 2.14. The lowest BCUT2D eigenvalue weighted by Gasteiger charge is -2.08. The fraction of sp³-hybridized carbons (Fsp3) is 0.125. The van der Waals surface area contributed by atoms with E-state index in [0.717, 1.165) is 5.56 Å². The summed E-state index contributed by atoms with van der Waals surface area (Å²) in [5.74, 6) is 0.631. The zero-order valence-electron chi connectivity index (χ0n) is 12.3. The molecule has 3 rings (SSSR count). The van der Waals surface area contributed by atoms with Gasteiger partial charge in [0.05, 0.1) is 19.9 Å². The molecule has 0 aliphatic heterocycles. The van der Waals surface area contributed by atoms with Gasteiger partial charge in [0.25, 0.3) is 11.9 Å². The topological polar surface area (TPSA) is 69.3 Å². The van der Waals surface area contributed by atoms with Crippen LogP contribution in [0.3, 0.4) is 0 Å². The van der Waals surface area contributed by atoms with Crippen LogP contribution in [-0.4, -0.2) is 22.8 Å². The lowest BCUT2D eigenvalue weighted by Crippen LogP contribution is -2.15. The monoisotopic (exact) mass is 331 g/mol. The van der Waals surface area contributed by atoms with E-state index >= 15 is 0 Å². The minimum atomic E-state index is -0.374. The van der Waals surface area contributed by atoms with Gasteiger partial charge in [-0.2, -0.15) is 5.10 Å². The molecule has 0 aliphatic carbocycles. The number of hydrogen-bond acceptors (Lipinski definition) is 4. The summed E-state index contributed by atoms with van der Waals surface area (Å²) in [7, 11) is 1.47. The highest BCUT2D eigenvalue weighted by molar-refractivity contribution is 6.30. The molecule has 0 radical (unpaired) electrons. The van der Waals surface area contributed by atoms with E-state index in [4.69, 9.17) is 20.8 Å². The lowest BCUT2D eigenvalue weighted by molar-refractivity contribution is 0.0989. The van der Waals surface area contributed by atoms with Crippen molar-refractivity contribution in [3.05, 3.63) is 65.0 Å². The molecule has 2 heterocycles. The number of hydrogen-bond donors (Lipinski definition) is 1. The van der Waals surface area contributed by atoms with Crippen LogP contribution in [0.15, 0.2) is 53.1 Å². The van der Waals surface area contributed by atoms with Crippen LogP contribution in [0.25, 0.3) is 0 Å². The van der Waals surface area contributed by atoms with Crippen LogP contribution in [0.4, 0.5) is 5.82 Å². The third-order valence-corrected chi connectivity index (χ3v) is 3.42. The number of carbonyl (C=O) groups excluding carboxylic acids is 1. The number of rotatable bonds is 5. The Kier molecular flexibility index (Phi) is 4.34. The Hall–Kier alpha value is -2.73. The molecule has 0 unspecified atom stereocenters. The van der Waals surface area contributed by atoms with Gasteiger partial charge in [-0.25, -0.2) is 4.68 Å². The first-order valence-corrected chi connectivity index (χ1v) is 7.25. The number of nitrogens with zero attached hydrogens (tertiary/aromatic N) is 2. The summed E-state index contributed by atoms with van der Waals surface area (Å²) in [6.45, 7) is 0.491. The number of anilines is 1. The third-order valence-electron chi connectivity index (χ3n) is 3.19. The van der Waals surface area contributed by atoms with Crippen LogP contribution in [0.2, 0.25) is 5.02 Å². The molecule has 1 aromatic carbocycles. The second kappa shape index (κ2) is 6.58. The van der Waals surface area contributed by atoms with Crippen molar-refractivity contribution in [2.24, 2.45) is 0 Å². The third kappa shape index (κ3) is 3.54. The number of furan rings is 1. The molecule has 23 heavy (non-hydrogen) atoms. The SMILES string of the molecule is COc1ccc(C(=O)Nc2ccnn2Cc2cccc(Cl)c2)o1. The Morgan fingerprint density at radius 3 is 2.96 bits per heavy atom. The van der Waals surface area contributed by atoms with E-state index in [9.17, 15) is 4.79 Å². The average molecular weight is 332 g/mol. The summed E-state index contributed by atoms with van der Waals surface area (Å²) < 4.78 is 11.8. The first kappa shape index (κ1) is 15.2. The largest absolute Gasteiger partial charge is 0.468 e. The molecule has 0 bridgehead atoms. The zero-order valence-corrected chi connectivity index (χ0v) is 13.1. The Morgan fingerprint density at radius 2 is 2.22 bits per heavy atom. The summed E-state index contributed by atoms with van der Waals surface area (Å²) in [5, 5.41) is 7.63. The Balaban J connectivity index is 1.74. The number of benzene rings is 1. The molecule has 0 spiro atoms. The molecule has 0 atom stereocenters. The van der Waals surface area contributed by atoms with Gasteiger partial charge in [0.1, 0.15) is 5.82 Å². The normalized spacial score (nSPS) is 10.5. The molecule has 118 valence electrons. The van der Waals surface area contributed by atoms with Crippen LogP contribution >= 0.6 is 11.6 Å². The van der Waals surface area contributed by atoms with Crippen LogP contribution in [0, 0.1) is 0 Å². The molecule has 2 aromatic heterocycles. The van der Waals surface area contributed by atoms with Gasteiger partial charge in [0.15, 0.2) is 5.76 Å². The molecule has 3 aromatic rings. The maximum absolute atomic E-state index is 12.2. The number of aromatic nitrogens is 2.